The smallest absolute Gasteiger partial charge is 0.162 e. The van der Waals surface area contributed by atoms with E-state index >= 15 is 0 Å². The minimum Gasteiger partial charge on any atom is -0.366 e. The van der Waals surface area contributed by atoms with Gasteiger partial charge >= 0.3 is 0 Å². The molecule has 0 bridgehead atoms. The van der Waals surface area contributed by atoms with E-state index < -0.39 is 5.79 Å². The van der Waals surface area contributed by atoms with Crippen LogP contribution in [0, 0.1) is 5.92 Å². The summed E-state index contributed by atoms with van der Waals surface area (Å²) in [4.78, 5) is 0. The Kier molecular flexibility index (Phi) is 7.28. The van der Waals surface area contributed by atoms with E-state index in [0.29, 0.717) is 18.8 Å². The molecule has 0 aromatic heterocycles. The van der Waals surface area contributed by atoms with Crippen LogP contribution in [0.1, 0.15) is 40.0 Å². The van der Waals surface area contributed by atoms with Crippen molar-refractivity contribution in [3.8, 4) is 0 Å². The van der Waals surface area contributed by atoms with Gasteiger partial charge in [0.05, 0.1) is 0 Å². The Bertz CT molecular complexity index is 92.1. The Morgan fingerprint density at radius 3 is 2.00 bits per heavy atom. The Morgan fingerprint density at radius 1 is 1.27 bits per heavy atom. The molecule has 2 nitrogen and oxygen atoms in total. The van der Waals surface area contributed by atoms with Crippen LogP contribution < -0.4 is 0 Å². The summed E-state index contributed by atoms with van der Waals surface area (Å²) in [6.07, 6.45) is 1.77. The number of halogens is 1. The molecular formula is C8H19ClO2. The molecule has 0 rings (SSSR count). The summed E-state index contributed by atoms with van der Waals surface area (Å²) in [7, 11) is 0. The summed E-state index contributed by atoms with van der Waals surface area (Å²) in [6.45, 7) is 5.91. The van der Waals surface area contributed by atoms with E-state index in [1.54, 1.807) is 0 Å². The van der Waals surface area contributed by atoms with Gasteiger partial charge in [0.25, 0.3) is 0 Å². The first-order valence-electron chi connectivity index (χ1n) is 3.92. The van der Waals surface area contributed by atoms with Crippen LogP contribution >= 0.6 is 12.4 Å². The van der Waals surface area contributed by atoms with Gasteiger partial charge in [0.2, 0.25) is 0 Å². The van der Waals surface area contributed by atoms with Gasteiger partial charge in [-0.1, -0.05) is 27.2 Å². The predicted molar refractivity (Wildman–Crippen MR) is 48.8 cm³/mol. The molecule has 0 spiro atoms. The van der Waals surface area contributed by atoms with Gasteiger partial charge in [0.1, 0.15) is 0 Å². The highest BCUT2D eigenvalue weighted by Crippen LogP contribution is 2.18. The number of hydrogen-bond donors (Lipinski definition) is 2. The molecule has 0 aliphatic heterocycles. The van der Waals surface area contributed by atoms with Crippen molar-refractivity contribution in [2.45, 2.75) is 45.8 Å². The molecule has 0 aromatic rings. The van der Waals surface area contributed by atoms with Gasteiger partial charge in [-0.15, -0.1) is 12.4 Å². The van der Waals surface area contributed by atoms with E-state index in [9.17, 15) is 10.2 Å². The van der Waals surface area contributed by atoms with E-state index in [1.165, 1.54) is 0 Å². The molecule has 0 saturated carbocycles. The Hall–Kier alpha value is 0.210. The number of rotatable bonds is 4. The molecule has 3 heteroatoms. The second-order valence-corrected chi connectivity index (χ2v) is 3.33. The van der Waals surface area contributed by atoms with Gasteiger partial charge in [-0.05, 0) is 5.92 Å². The lowest BCUT2D eigenvalue weighted by Crippen LogP contribution is -2.29. The van der Waals surface area contributed by atoms with Crippen LogP contribution in [0.4, 0.5) is 0 Å². The molecule has 11 heavy (non-hydrogen) atoms. The van der Waals surface area contributed by atoms with Crippen molar-refractivity contribution < 1.29 is 10.2 Å². The van der Waals surface area contributed by atoms with Gasteiger partial charge in [-0.3, -0.25) is 0 Å². The lowest BCUT2D eigenvalue weighted by atomic mass is 9.99. The normalized spacial score (nSPS) is 11.5. The van der Waals surface area contributed by atoms with Crippen LogP contribution in [-0.2, 0) is 0 Å². The molecule has 0 aromatic carbocycles. The van der Waals surface area contributed by atoms with Crippen LogP contribution in [0.25, 0.3) is 0 Å². The highest BCUT2D eigenvalue weighted by atomic mass is 35.5. The number of hydrogen-bond acceptors (Lipinski definition) is 2. The fourth-order valence-corrected chi connectivity index (χ4v) is 1.16. The van der Waals surface area contributed by atoms with Crippen LogP contribution in [0.3, 0.4) is 0 Å². The second-order valence-electron chi connectivity index (χ2n) is 3.33. The second kappa shape index (κ2) is 5.81. The Morgan fingerprint density at radius 2 is 1.73 bits per heavy atom. The highest BCUT2D eigenvalue weighted by molar-refractivity contribution is 5.85. The maximum atomic E-state index is 9.24. The largest absolute Gasteiger partial charge is 0.366 e. The SMILES string of the molecule is CCCC(O)(O)CC(C)C.Cl. The minimum absolute atomic E-state index is 0. The van der Waals surface area contributed by atoms with Crippen molar-refractivity contribution in [3.63, 3.8) is 0 Å². The summed E-state index contributed by atoms with van der Waals surface area (Å²) >= 11 is 0. The summed E-state index contributed by atoms with van der Waals surface area (Å²) in [5.74, 6) is -1.08. The summed E-state index contributed by atoms with van der Waals surface area (Å²) in [6, 6.07) is 0. The zero-order valence-corrected chi connectivity index (χ0v) is 8.32. The first kappa shape index (κ1) is 13.8. The zero-order chi connectivity index (χ0) is 8.20. The van der Waals surface area contributed by atoms with Crippen LogP contribution in [0.5, 0.6) is 0 Å². The van der Waals surface area contributed by atoms with Gasteiger partial charge in [0, 0.05) is 12.8 Å². The van der Waals surface area contributed by atoms with E-state index in [2.05, 4.69) is 0 Å². The topological polar surface area (TPSA) is 40.5 Å². The third-order valence-electron chi connectivity index (χ3n) is 1.39. The van der Waals surface area contributed by atoms with Crippen molar-refractivity contribution in [1.29, 1.82) is 0 Å². The van der Waals surface area contributed by atoms with Crippen LogP contribution in [0.2, 0.25) is 0 Å². The molecule has 0 radical (unpaired) electrons. The minimum atomic E-state index is -1.43. The highest BCUT2D eigenvalue weighted by Gasteiger charge is 2.22. The van der Waals surface area contributed by atoms with Crippen molar-refractivity contribution in [2.24, 2.45) is 5.92 Å². The molecule has 0 heterocycles. The molecule has 2 N–H and O–H groups in total. The Labute approximate surface area is 75.0 Å². The third kappa shape index (κ3) is 8.11. The van der Waals surface area contributed by atoms with Crippen molar-refractivity contribution in [2.75, 3.05) is 0 Å². The third-order valence-corrected chi connectivity index (χ3v) is 1.39. The van der Waals surface area contributed by atoms with Gasteiger partial charge in [-0.2, -0.15) is 0 Å². The van der Waals surface area contributed by atoms with E-state index in [0.717, 1.165) is 6.42 Å². The van der Waals surface area contributed by atoms with Crippen molar-refractivity contribution >= 4 is 12.4 Å². The predicted octanol–water partition coefficient (Wildman–Crippen LogP) is 1.94. The van der Waals surface area contributed by atoms with Crippen LogP contribution in [-0.4, -0.2) is 16.0 Å². The van der Waals surface area contributed by atoms with E-state index in [4.69, 9.17) is 0 Å². The van der Waals surface area contributed by atoms with Gasteiger partial charge in [0.15, 0.2) is 5.79 Å². The monoisotopic (exact) mass is 182 g/mol. The molecule has 0 fully saturated rings. The molecule has 0 aliphatic carbocycles. The molecule has 70 valence electrons. The lowest BCUT2D eigenvalue weighted by Gasteiger charge is -2.22. The Balaban J connectivity index is 0. The van der Waals surface area contributed by atoms with Crippen molar-refractivity contribution in [1.82, 2.24) is 0 Å². The van der Waals surface area contributed by atoms with Crippen molar-refractivity contribution in [3.05, 3.63) is 0 Å². The molecule has 0 unspecified atom stereocenters. The molecule has 0 saturated heterocycles. The van der Waals surface area contributed by atoms with Gasteiger partial charge in [-0.25, -0.2) is 0 Å². The van der Waals surface area contributed by atoms with Crippen LogP contribution in [0.15, 0.2) is 0 Å². The summed E-state index contributed by atoms with van der Waals surface area (Å²) in [5.41, 5.74) is 0. The maximum Gasteiger partial charge on any atom is 0.162 e. The zero-order valence-electron chi connectivity index (χ0n) is 7.50. The average Bonchev–Trinajstić information content (AvgIpc) is 1.59. The summed E-state index contributed by atoms with van der Waals surface area (Å²) in [5, 5.41) is 18.5. The average molecular weight is 183 g/mol. The molecule has 0 aliphatic rings. The maximum absolute atomic E-state index is 9.24. The molecule has 0 atom stereocenters. The van der Waals surface area contributed by atoms with E-state index in [1.807, 2.05) is 20.8 Å². The first-order chi connectivity index (χ1) is 4.48. The standard InChI is InChI=1S/C8H18O2.ClH/c1-4-5-8(9,10)6-7(2)3;/h7,9-10H,4-6H2,1-3H3;1H. The fourth-order valence-electron chi connectivity index (χ4n) is 1.16. The lowest BCUT2D eigenvalue weighted by molar-refractivity contribution is -0.176. The quantitative estimate of drug-likeness (QED) is 0.653. The molecular weight excluding hydrogens is 164 g/mol. The summed E-state index contributed by atoms with van der Waals surface area (Å²) < 4.78 is 0. The first-order valence-corrected chi connectivity index (χ1v) is 3.92. The van der Waals surface area contributed by atoms with E-state index in [-0.39, 0.29) is 12.4 Å². The number of aliphatic hydroxyl groups is 2. The molecule has 0 amide bonds. The fraction of sp³-hybridized carbons (Fsp3) is 1.00. The van der Waals surface area contributed by atoms with Gasteiger partial charge < -0.3 is 10.2 Å².